The maximum Gasteiger partial charge on any atom is 0.280 e. The number of thiazole rings is 1. The van der Waals surface area contributed by atoms with Crippen LogP contribution < -0.4 is 5.32 Å². The smallest absolute Gasteiger partial charge is 0.280 e. The number of anilines is 1. The Morgan fingerprint density at radius 2 is 2.06 bits per heavy atom. The molecule has 32 heavy (non-hydrogen) atoms. The minimum atomic E-state index is -3.47. The Hall–Kier alpha value is -3.16. The van der Waals surface area contributed by atoms with Gasteiger partial charge >= 0.3 is 0 Å². The van der Waals surface area contributed by atoms with E-state index < -0.39 is 15.7 Å². The van der Waals surface area contributed by atoms with Crippen LogP contribution in [-0.2, 0) is 30.8 Å². The maximum absolute atomic E-state index is 12.8. The second kappa shape index (κ2) is 10.9. The van der Waals surface area contributed by atoms with Crippen LogP contribution in [0, 0.1) is 6.92 Å². The quantitative estimate of drug-likeness (QED) is 0.241. The number of nitrogens with zero attached hydrogens (tertiary/aromatic N) is 4. The lowest BCUT2D eigenvalue weighted by atomic mass is 10.1. The van der Waals surface area contributed by atoms with E-state index in [-0.39, 0.29) is 23.0 Å². The molecule has 1 amide bonds. The molecule has 0 aliphatic rings. The van der Waals surface area contributed by atoms with Gasteiger partial charge < -0.3 is 14.6 Å². The molecule has 0 saturated heterocycles. The van der Waals surface area contributed by atoms with Gasteiger partial charge in [-0.2, -0.15) is 0 Å². The van der Waals surface area contributed by atoms with Crippen LogP contribution >= 0.6 is 11.3 Å². The van der Waals surface area contributed by atoms with Gasteiger partial charge in [0.25, 0.3) is 5.91 Å². The molecule has 2 aromatic heterocycles. The summed E-state index contributed by atoms with van der Waals surface area (Å²) in [5, 5.41) is 14.5. The van der Waals surface area contributed by atoms with E-state index in [0.29, 0.717) is 29.5 Å². The standard InChI is InChI=1S/C19H22N6O5S2/c1-13-10-20-19(31-13)23-18(26)17(25-30-11-16-21-12-22-24-16)14-4-6-15(7-5-14)32(27,28)9-3-8-29-2/h4-7,10,12H,3,8-9,11H2,1-2H3,(H,20,23,26)(H,21,22,24)/b25-17+. The van der Waals surface area contributed by atoms with Gasteiger partial charge in [-0.25, -0.2) is 13.4 Å². The number of hydrogen-bond donors (Lipinski definition) is 2. The summed E-state index contributed by atoms with van der Waals surface area (Å²) in [5.74, 6) is -0.153. The third-order valence-electron chi connectivity index (χ3n) is 4.13. The lowest BCUT2D eigenvalue weighted by Crippen LogP contribution is -2.24. The molecular formula is C19H22N6O5S2. The summed E-state index contributed by atoms with van der Waals surface area (Å²) in [6, 6.07) is 5.88. The van der Waals surface area contributed by atoms with Gasteiger partial charge in [-0.1, -0.05) is 17.3 Å². The zero-order valence-corrected chi connectivity index (χ0v) is 19.1. The summed E-state index contributed by atoms with van der Waals surface area (Å²) in [4.78, 5) is 26.1. The van der Waals surface area contributed by atoms with E-state index in [2.05, 4.69) is 30.6 Å². The minimum absolute atomic E-state index is 0.0287. The highest BCUT2D eigenvalue weighted by atomic mass is 32.2. The summed E-state index contributed by atoms with van der Waals surface area (Å²) >= 11 is 1.31. The number of aromatic nitrogens is 4. The molecule has 3 rings (SSSR count). The molecule has 0 aliphatic carbocycles. The Balaban J connectivity index is 1.80. The highest BCUT2D eigenvalue weighted by Crippen LogP contribution is 2.18. The summed E-state index contributed by atoms with van der Waals surface area (Å²) in [5.41, 5.74) is 0.338. The molecule has 13 heteroatoms. The van der Waals surface area contributed by atoms with Gasteiger partial charge in [0.1, 0.15) is 6.33 Å². The van der Waals surface area contributed by atoms with E-state index >= 15 is 0 Å². The number of nitrogens with one attached hydrogen (secondary N) is 2. The number of oxime groups is 1. The number of ether oxygens (including phenoxy) is 1. The second-order valence-electron chi connectivity index (χ2n) is 6.57. The topological polar surface area (TPSA) is 149 Å². The van der Waals surface area contributed by atoms with Crippen molar-refractivity contribution in [3.8, 4) is 0 Å². The van der Waals surface area contributed by atoms with Crippen molar-refractivity contribution >= 4 is 37.9 Å². The van der Waals surface area contributed by atoms with Crippen LogP contribution in [0.5, 0.6) is 0 Å². The number of carbonyl (C=O) groups excluding carboxylic acids is 1. The fraction of sp³-hybridized carbons (Fsp3) is 0.316. The first-order valence-electron chi connectivity index (χ1n) is 9.50. The molecule has 0 spiro atoms. The van der Waals surface area contributed by atoms with Gasteiger partial charge in [-0.3, -0.25) is 10.1 Å². The molecular weight excluding hydrogens is 456 g/mol. The van der Waals surface area contributed by atoms with Crippen LogP contribution in [0.1, 0.15) is 22.7 Å². The van der Waals surface area contributed by atoms with E-state index in [1.165, 1.54) is 49.0 Å². The van der Waals surface area contributed by atoms with Gasteiger partial charge in [-0.15, -0.1) is 21.5 Å². The van der Waals surface area contributed by atoms with Crippen molar-refractivity contribution in [2.45, 2.75) is 24.8 Å². The molecule has 0 bridgehead atoms. The number of methoxy groups -OCH3 is 1. The van der Waals surface area contributed by atoms with E-state index in [1.807, 2.05) is 6.92 Å². The van der Waals surface area contributed by atoms with Gasteiger partial charge in [-0.05, 0) is 25.5 Å². The highest BCUT2D eigenvalue weighted by molar-refractivity contribution is 7.91. The molecule has 0 saturated carbocycles. The normalized spacial score (nSPS) is 12.0. The minimum Gasteiger partial charge on any atom is -0.387 e. The number of sulfone groups is 1. The Bertz CT molecular complexity index is 1160. The van der Waals surface area contributed by atoms with Crippen molar-refractivity contribution in [1.82, 2.24) is 20.2 Å². The van der Waals surface area contributed by atoms with Crippen LogP contribution in [-0.4, -0.2) is 59.7 Å². The number of aryl methyl sites for hydroxylation is 1. The van der Waals surface area contributed by atoms with E-state index in [9.17, 15) is 13.2 Å². The SMILES string of the molecule is COCCCS(=O)(=O)c1ccc(/C(=N\OCc2nnc[nH]2)C(=O)Nc2ncc(C)s2)cc1. The third-order valence-corrected chi connectivity index (χ3v) is 6.77. The number of hydrogen-bond acceptors (Lipinski definition) is 10. The van der Waals surface area contributed by atoms with Gasteiger partial charge in [0, 0.05) is 30.4 Å². The molecule has 0 radical (unpaired) electrons. The van der Waals surface area contributed by atoms with E-state index in [1.54, 1.807) is 6.20 Å². The monoisotopic (exact) mass is 478 g/mol. The van der Waals surface area contributed by atoms with E-state index in [4.69, 9.17) is 9.57 Å². The van der Waals surface area contributed by atoms with Crippen molar-refractivity contribution in [3.05, 3.63) is 53.1 Å². The van der Waals surface area contributed by atoms with Crippen molar-refractivity contribution in [2.24, 2.45) is 5.16 Å². The maximum atomic E-state index is 12.8. The molecule has 1 aromatic carbocycles. The van der Waals surface area contributed by atoms with Crippen molar-refractivity contribution in [2.75, 3.05) is 24.8 Å². The summed E-state index contributed by atoms with van der Waals surface area (Å²) < 4.78 is 29.8. The molecule has 2 N–H and O–H groups in total. The zero-order valence-electron chi connectivity index (χ0n) is 17.4. The predicted molar refractivity (Wildman–Crippen MR) is 118 cm³/mol. The average molecular weight is 479 g/mol. The molecule has 170 valence electrons. The summed E-state index contributed by atoms with van der Waals surface area (Å²) in [6.07, 6.45) is 3.42. The number of amides is 1. The van der Waals surface area contributed by atoms with Crippen molar-refractivity contribution in [3.63, 3.8) is 0 Å². The molecule has 11 nitrogen and oxygen atoms in total. The first-order chi connectivity index (χ1) is 15.4. The number of benzene rings is 1. The largest absolute Gasteiger partial charge is 0.387 e. The zero-order chi connectivity index (χ0) is 23.0. The Morgan fingerprint density at radius 3 is 2.69 bits per heavy atom. The molecule has 0 aliphatic heterocycles. The fourth-order valence-electron chi connectivity index (χ4n) is 2.58. The second-order valence-corrected chi connectivity index (χ2v) is 9.91. The first-order valence-corrected chi connectivity index (χ1v) is 12.0. The average Bonchev–Trinajstić information content (AvgIpc) is 3.43. The van der Waals surface area contributed by atoms with E-state index in [0.717, 1.165) is 4.88 Å². The molecule has 0 unspecified atom stereocenters. The summed E-state index contributed by atoms with van der Waals surface area (Å²) in [6.45, 7) is 2.20. The number of carbonyl (C=O) groups is 1. The molecule has 3 aromatic rings. The number of aromatic amines is 1. The van der Waals surface area contributed by atoms with Crippen LogP contribution in [0.25, 0.3) is 0 Å². The molecule has 0 fully saturated rings. The van der Waals surface area contributed by atoms with Gasteiger partial charge in [0.05, 0.1) is 10.6 Å². The first kappa shape index (κ1) is 23.5. The lowest BCUT2D eigenvalue weighted by Gasteiger charge is -2.08. The number of rotatable bonds is 11. The Labute approximate surface area is 188 Å². The van der Waals surface area contributed by atoms with Gasteiger partial charge in [0.2, 0.25) is 0 Å². The Morgan fingerprint density at radius 1 is 1.28 bits per heavy atom. The van der Waals surface area contributed by atoms with Crippen LogP contribution in [0.2, 0.25) is 0 Å². The van der Waals surface area contributed by atoms with Gasteiger partial charge in [0.15, 0.2) is 33.1 Å². The Kier molecular flexibility index (Phi) is 8.03. The lowest BCUT2D eigenvalue weighted by molar-refractivity contribution is -0.110. The highest BCUT2D eigenvalue weighted by Gasteiger charge is 2.19. The predicted octanol–water partition coefficient (Wildman–Crippen LogP) is 1.94. The van der Waals surface area contributed by atoms with Crippen LogP contribution in [0.4, 0.5) is 5.13 Å². The third kappa shape index (κ3) is 6.42. The van der Waals surface area contributed by atoms with Crippen molar-refractivity contribution < 1.29 is 22.8 Å². The van der Waals surface area contributed by atoms with Crippen molar-refractivity contribution in [1.29, 1.82) is 0 Å². The number of H-pyrrole nitrogens is 1. The summed E-state index contributed by atoms with van der Waals surface area (Å²) in [7, 11) is -1.95. The molecule has 2 heterocycles. The van der Waals surface area contributed by atoms with Crippen LogP contribution in [0.15, 0.2) is 46.8 Å². The fourth-order valence-corrected chi connectivity index (χ4v) is 4.53. The molecule has 0 atom stereocenters. The van der Waals surface area contributed by atoms with Crippen LogP contribution in [0.3, 0.4) is 0 Å².